The summed E-state index contributed by atoms with van der Waals surface area (Å²) in [5.74, 6) is 1.48. The Balaban J connectivity index is 1.75. The zero-order chi connectivity index (χ0) is 15.5. The van der Waals surface area contributed by atoms with Gasteiger partial charge in [0.2, 0.25) is 0 Å². The first-order chi connectivity index (χ1) is 10.7. The molecule has 0 spiro atoms. The normalized spacial score (nSPS) is 14.5. The first-order valence-corrected chi connectivity index (χ1v) is 7.78. The molecule has 1 fully saturated rings. The topological polar surface area (TPSA) is 45.7 Å². The van der Waals surface area contributed by atoms with Crippen LogP contribution in [0.25, 0.3) is 0 Å². The van der Waals surface area contributed by atoms with Gasteiger partial charge in [-0.15, -0.1) is 0 Å². The minimum absolute atomic E-state index is 0.0271. The molecule has 1 saturated heterocycles. The summed E-state index contributed by atoms with van der Waals surface area (Å²) in [7, 11) is 1.64. The quantitative estimate of drug-likeness (QED) is 0.839. The van der Waals surface area contributed by atoms with Crippen LogP contribution in [0.5, 0.6) is 5.75 Å². The van der Waals surface area contributed by atoms with Crippen LogP contribution in [0, 0.1) is 0 Å². The maximum atomic E-state index is 12.6. The Labute approximate surface area is 137 Å². The second-order valence-electron chi connectivity index (χ2n) is 5.00. The van der Waals surface area contributed by atoms with Crippen molar-refractivity contribution in [1.29, 1.82) is 0 Å². The molecule has 2 heterocycles. The highest BCUT2D eigenvalue weighted by atomic mass is 79.9. The van der Waals surface area contributed by atoms with Crippen LogP contribution < -0.4 is 9.64 Å². The van der Waals surface area contributed by atoms with Crippen molar-refractivity contribution in [3.63, 3.8) is 0 Å². The highest BCUT2D eigenvalue weighted by molar-refractivity contribution is 9.10. The summed E-state index contributed by atoms with van der Waals surface area (Å²) in [4.78, 5) is 20.4. The maximum Gasteiger partial charge on any atom is 0.326 e. The lowest BCUT2D eigenvalue weighted by atomic mass is 10.2. The van der Waals surface area contributed by atoms with Crippen LogP contribution in [0.2, 0.25) is 0 Å². The summed E-state index contributed by atoms with van der Waals surface area (Å²) < 4.78 is 6.24. The van der Waals surface area contributed by atoms with Crippen LogP contribution in [0.1, 0.15) is 5.56 Å². The molecule has 0 unspecified atom stereocenters. The van der Waals surface area contributed by atoms with Crippen molar-refractivity contribution < 1.29 is 9.53 Å². The molecule has 5 nitrogen and oxygen atoms in total. The number of ether oxygens (including phenoxy) is 1. The standard InChI is InChI=1S/C16H16BrN3O2/c1-22-14-5-3-2-4-12(14)11-19-8-9-20(16(19)21)15-7-6-13(17)10-18-15/h2-7,10H,8-9,11H2,1H3. The number of pyridine rings is 1. The summed E-state index contributed by atoms with van der Waals surface area (Å²) in [5.41, 5.74) is 1.00. The van der Waals surface area contributed by atoms with E-state index in [4.69, 9.17) is 4.74 Å². The van der Waals surface area contributed by atoms with Gasteiger partial charge < -0.3 is 9.64 Å². The summed E-state index contributed by atoms with van der Waals surface area (Å²) in [5, 5.41) is 0. The van der Waals surface area contributed by atoms with Gasteiger partial charge in [-0.2, -0.15) is 0 Å². The van der Waals surface area contributed by atoms with E-state index in [1.54, 1.807) is 18.2 Å². The highest BCUT2D eigenvalue weighted by Crippen LogP contribution is 2.24. The van der Waals surface area contributed by atoms with Crippen molar-refractivity contribution in [2.75, 3.05) is 25.1 Å². The number of urea groups is 1. The molecule has 1 aromatic carbocycles. The van der Waals surface area contributed by atoms with Gasteiger partial charge in [-0.3, -0.25) is 4.90 Å². The van der Waals surface area contributed by atoms with Crippen molar-refractivity contribution >= 4 is 27.8 Å². The lowest BCUT2D eigenvalue weighted by molar-refractivity contribution is 0.218. The highest BCUT2D eigenvalue weighted by Gasteiger charge is 2.30. The van der Waals surface area contributed by atoms with E-state index in [2.05, 4.69) is 20.9 Å². The minimum Gasteiger partial charge on any atom is -0.496 e. The zero-order valence-electron chi connectivity index (χ0n) is 12.2. The molecular formula is C16H16BrN3O2. The Kier molecular flexibility index (Phi) is 4.29. The molecule has 6 heteroatoms. The van der Waals surface area contributed by atoms with Crippen LogP contribution >= 0.6 is 15.9 Å². The number of rotatable bonds is 4. The van der Waals surface area contributed by atoms with Crippen LogP contribution in [0.15, 0.2) is 47.1 Å². The van der Waals surface area contributed by atoms with Gasteiger partial charge in [0.25, 0.3) is 0 Å². The van der Waals surface area contributed by atoms with E-state index in [0.717, 1.165) is 15.8 Å². The molecule has 0 N–H and O–H groups in total. The number of aromatic nitrogens is 1. The molecule has 0 saturated carbocycles. The van der Waals surface area contributed by atoms with E-state index in [1.807, 2.05) is 41.3 Å². The Hall–Kier alpha value is -2.08. The third kappa shape index (κ3) is 2.92. The van der Waals surface area contributed by atoms with E-state index in [9.17, 15) is 4.79 Å². The number of hydrogen-bond acceptors (Lipinski definition) is 3. The molecule has 1 aromatic heterocycles. The van der Waals surface area contributed by atoms with Crippen LogP contribution in [-0.2, 0) is 6.54 Å². The van der Waals surface area contributed by atoms with E-state index in [-0.39, 0.29) is 6.03 Å². The van der Waals surface area contributed by atoms with Gasteiger partial charge in [-0.1, -0.05) is 18.2 Å². The average molecular weight is 362 g/mol. The van der Waals surface area contributed by atoms with Crippen molar-refractivity contribution in [1.82, 2.24) is 9.88 Å². The van der Waals surface area contributed by atoms with Gasteiger partial charge in [0.15, 0.2) is 0 Å². The second kappa shape index (κ2) is 6.36. The lowest BCUT2D eigenvalue weighted by Gasteiger charge is -2.19. The number of benzene rings is 1. The molecule has 0 aliphatic carbocycles. The SMILES string of the molecule is COc1ccccc1CN1CCN(c2ccc(Br)cn2)C1=O. The molecule has 0 atom stereocenters. The number of para-hydroxylation sites is 1. The van der Waals surface area contributed by atoms with Crippen LogP contribution in [0.4, 0.5) is 10.6 Å². The van der Waals surface area contributed by atoms with Crippen LogP contribution in [0.3, 0.4) is 0 Å². The van der Waals surface area contributed by atoms with Gasteiger partial charge in [-0.05, 0) is 34.1 Å². The first kappa shape index (κ1) is 14.8. The van der Waals surface area contributed by atoms with Crippen molar-refractivity contribution in [2.45, 2.75) is 6.54 Å². The number of hydrogen-bond donors (Lipinski definition) is 0. The molecule has 2 amide bonds. The summed E-state index contributed by atoms with van der Waals surface area (Å²) in [6.07, 6.45) is 1.70. The third-order valence-corrected chi connectivity index (χ3v) is 4.11. The van der Waals surface area contributed by atoms with E-state index in [0.29, 0.717) is 25.5 Å². The number of nitrogens with zero attached hydrogens (tertiary/aromatic N) is 3. The van der Waals surface area contributed by atoms with E-state index in [1.165, 1.54) is 0 Å². The van der Waals surface area contributed by atoms with Gasteiger partial charge >= 0.3 is 6.03 Å². The molecule has 2 aromatic rings. The van der Waals surface area contributed by atoms with Gasteiger partial charge in [0.1, 0.15) is 11.6 Å². The smallest absolute Gasteiger partial charge is 0.326 e. The van der Waals surface area contributed by atoms with Crippen LogP contribution in [-0.4, -0.2) is 36.1 Å². The van der Waals surface area contributed by atoms with Gasteiger partial charge in [-0.25, -0.2) is 9.78 Å². The molecule has 3 rings (SSSR count). The second-order valence-corrected chi connectivity index (χ2v) is 5.92. The number of amides is 2. The summed E-state index contributed by atoms with van der Waals surface area (Å²) >= 11 is 3.35. The molecule has 114 valence electrons. The summed E-state index contributed by atoms with van der Waals surface area (Å²) in [6, 6.07) is 11.5. The number of methoxy groups -OCH3 is 1. The molecule has 0 radical (unpaired) electrons. The van der Waals surface area contributed by atoms with Crippen molar-refractivity contribution in [3.8, 4) is 5.75 Å². The van der Waals surface area contributed by atoms with E-state index < -0.39 is 0 Å². The number of anilines is 1. The monoisotopic (exact) mass is 361 g/mol. The molecule has 0 bridgehead atoms. The minimum atomic E-state index is -0.0271. The zero-order valence-corrected chi connectivity index (χ0v) is 13.8. The molecule has 22 heavy (non-hydrogen) atoms. The Bertz CT molecular complexity index is 675. The van der Waals surface area contributed by atoms with Crippen molar-refractivity contribution in [3.05, 3.63) is 52.6 Å². The fourth-order valence-corrected chi connectivity index (χ4v) is 2.74. The molecule has 1 aliphatic heterocycles. The Morgan fingerprint density at radius 1 is 1.23 bits per heavy atom. The van der Waals surface area contributed by atoms with Gasteiger partial charge in [0, 0.05) is 29.3 Å². The number of carbonyl (C=O) groups is 1. The average Bonchev–Trinajstić information content (AvgIpc) is 2.90. The summed E-state index contributed by atoms with van der Waals surface area (Å²) in [6.45, 7) is 1.85. The predicted molar refractivity (Wildman–Crippen MR) is 88.1 cm³/mol. The largest absolute Gasteiger partial charge is 0.496 e. The fraction of sp³-hybridized carbons (Fsp3) is 0.250. The Morgan fingerprint density at radius 3 is 2.77 bits per heavy atom. The predicted octanol–water partition coefficient (Wildman–Crippen LogP) is 3.29. The van der Waals surface area contributed by atoms with Crippen molar-refractivity contribution in [2.24, 2.45) is 0 Å². The molecular weight excluding hydrogens is 346 g/mol. The number of halogens is 1. The van der Waals surface area contributed by atoms with Gasteiger partial charge in [0.05, 0.1) is 13.7 Å². The fourth-order valence-electron chi connectivity index (χ4n) is 2.51. The first-order valence-electron chi connectivity index (χ1n) is 6.99. The maximum absolute atomic E-state index is 12.6. The Morgan fingerprint density at radius 2 is 2.05 bits per heavy atom. The van der Waals surface area contributed by atoms with E-state index >= 15 is 0 Å². The lowest BCUT2D eigenvalue weighted by Crippen LogP contribution is -2.32. The number of carbonyl (C=O) groups excluding carboxylic acids is 1. The third-order valence-electron chi connectivity index (χ3n) is 3.64. The molecule has 1 aliphatic rings.